The van der Waals surface area contributed by atoms with Crippen LogP contribution in [0.5, 0.6) is 11.5 Å². The Labute approximate surface area is 186 Å². The van der Waals surface area contributed by atoms with E-state index in [-0.39, 0.29) is 5.57 Å². The van der Waals surface area contributed by atoms with Gasteiger partial charge in [0.1, 0.15) is 18.2 Å². The molecular formula is C25H21ClN2O3. The zero-order valence-electron chi connectivity index (χ0n) is 17.2. The van der Waals surface area contributed by atoms with Gasteiger partial charge in [0.05, 0.1) is 7.11 Å². The number of aryl methyl sites for hydroxylation is 1. The quantitative estimate of drug-likeness (QED) is 0.379. The van der Waals surface area contributed by atoms with Crippen molar-refractivity contribution in [2.45, 2.75) is 13.5 Å². The van der Waals surface area contributed by atoms with Crippen LogP contribution in [-0.4, -0.2) is 13.0 Å². The van der Waals surface area contributed by atoms with Gasteiger partial charge in [-0.25, -0.2) is 0 Å². The summed E-state index contributed by atoms with van der Waals surface area (Å²) in [4.78, 5) is 12.6. The number of nitrogens with one attached hydrogen (secondary N) is 1. The minimum atomic E-state index is -0.476. The highest BCUT2D eigenvalue weighted by molar-refractivity contribution is 6.30. The molecule has 6 heteroatoms. The van der Waals surface area contributed by atoms with E-state index in [1.165, 1.54) is 6.08 Å². The molecule has 0 bridgehead atoms. The maximum atomic E-state index is 12.6. The van der Waals surface area contributed by atoms with E-state index in [0.29, 0.717) is 34.4 Å². The lowest BCUT2D eigenvalue weighted by molar-refractivity contribution is -0.112. The molecule has 3 aromatic carbocycles. The molecule has 0 saturated heterocycles. The SMILES string of the molecule is COc1ccc(C=C(C#N)C(=O)Nc2ccccc2C)cc1OCc1ccc(Cl)cc1. The molecule has 0 unspecified atom stereocenters. The monoisotopic (exact) mass is 432 g/mol. The summed E-state index contributed by atoms with van der Waals surface area (Å²) in [5.74, 6) is 0.577. The molecule has 0 aliphatic heterocycles. The Kier molecular flexibility index (Phi) is 7.31. The number of hydrogen-bond acceptors (Lipinski definition) is 4. The Morgan fingerprint density at radius 3 is 2.52 bits per heavy atom. The molecule has 0 aliphatic carbocycles. The topological polar surface area (TPSA) is 71.3 Å². The fourth-order valence-corrected chi connectivity index (χ4v) is 2.98. The lowest BCUT2D eigenvalue weighted by atomic mass is 10.1. The van der Waals surface area contributed by atoms with Gasteiger partial charge in [0.25, 0.3) is 5.91 Å². The zero-order chi connectivity index (χ0) is 22.2. The number of benzene rings is 3. The number of nitriles is 1. The molecule has 1 amide bonds. The van der Waals surface area contributed by atoms with Crippen molar-refractivity contribution in [2.75, 3.05) is 12.4 Å². The lowest BCUT2D eigenvalue weighted by Crippen LogP contribution is -2.14. The second-order valence-corrected chi connectivity index (χ2v) is 7.20. The number of methoxy groups -OCH3 is 1. The van der Waals surface area contributed by atoms with Crippen LogP contribution >= 0.6 is 11.6 Å². The first-order valence-electron chi connectivity index (χ1n) is 9.54. The average Bonchev–Trinajstić information content (AvgIpc) is 2.78. The number of carbonyl (C=O) groups is 1. The summed E-state index contributed by atoms with van der Waals surface area (Å²) in [6.07, 6.45) is 1.52. The third-order valence-corrected chi connectivity index (χ3v) is 4.82. The predicted octanol–water partition coefficient (Wildman–Crippen LogP) is 5.78. The van der Waals surface area contributed by atoms with Crippen LogP contribution in [-0.2, 0) is 11.4 Å². The number of amides is 1. The van der Waals surface area contributed by atoms with Gasteiger partial charge >= 0.3 is 0 Å². The highest BCUT2D eigenvalue weighted by Gasteiger charge is 2.12. The van der Waals surface area contributed by atoms with Gasteiger partial charge in [0.2, 0.25) is 0 Å². The van der Waals surface area contributed by atoms with Gasteiger partial charge < -0.3 is 14.8 Å². The van der Waals surface area contributed by atoms with Gasteiger partial charge in [-0.05, 0) is 60.0 Å². The highest BCUT2D eigenvalue weighted by atomic mass is 35.5. The second-order valence-electron chi connectivity index (χ2n) is 6.76. The predicted molar refractivity (Wildman–Crippen MR) is 122 cm³/mol. The van der Waals surface area contributed by atoms with Crippen LogP contribution < -0.4 is 14.8 Å². The van der Waals surface area contributed by atoms with Gasteiger partial charge in [-0.2, -0.15) is 5.26 Å². The molecule has 156 valence electrons. The maximum absolute atomic E-state index is 12.6. The van der Waals surface area contributed by atoms with E-state index >= 15 is 0 Å². The van der Waals surface area contributed by atoms with Crippen molar-refractivity contribution in [3.05, 3.63) is 94.0 Å². The van der Waals surface area contributed by atoms with E-state index in [2.05, 4.69) is 5.32 Å². The molecule has 0 radical (unpaired) electrons. The Balaban J connectivity index is 1.80. The van der Waals surface area contributed by atoms with E-state index in [1.54, 1.807) is 43.5 Å². The van der Waals surface area contributed by atoms with Gasteiger partial charge in [-0.1, -0.05) is 48.0 Å². The van der Waals surface area contributed by atoms with Crippen LogP contribution in [0.15, 0.2) is 72.3 Å². The van der Waals surface area contributed by atoms with Crippen molar-refractivity contribution in [3.8, 4) is 17.6 Å². The maximum Gasteiger partial charge on any atom is 0.266 e. The van der Waals surface area contributed by atoms with E-state index in [9.17, 15) is 10.1 Å². The van der Waals surface area contributed by atoms with Crippen molar-refractivity contribution >= 4 is 29.3 Å². The zero-order valence-corrected chi connectivity index (χ0v) is 17.9. The molecule has 0 fully saturated rings. The van der Waals surface area contributed by atoms with Crippen LogP contribution in [0.25, 0.3) is 6.08 Å². The Morgan fingerprint density at radius 2 is 1.84 bits per heavy atom. The molecule has 0 atom stereocenters. The van der Waals surface area contributed by atoms with Crippen LogP contribution in [0.1, 0.15) is 16.7 Å². The highest BCUT2D eigenvalue weighted by Crippen LogP contribution is 2.30. The summed E-state index contributed by atoms with van der Waals surface area (Å²) in [6.45, 7) is 2.21. The molecule has 0 saturated carbocycles. The minimum Gasteiger partial charge on any atom is -0.493 e. The van der Waals surface area contributed by atoms with E-state index in [4.69, 9.17) is 21.1 Å². The fraction of sp³-hybridized carbons (Fsp3) is 0.120. The lowest BCUT2D eigenvalue weighted by Gasteiger charge is -2.12. The van der Waals surface area contributed by atoms with Crippen molar-refractivity contribution in [1.29, 1.82) is 5.26 Å². The molecule has 31 heavy (non-hydrogen) atoms. The molecule has 0 heterocycles. The average molecular weight is 433 g/mol. The van der Waals surface area contributed by atoms with E-state index in [0.717, 1.165) is 11.1 Å². The summed E-state index contributed by atoms with van der Waals surface area (Å²) in [6, 6.07) is 21.9. The van der Waals surface area contributed by atoms with Gasteiger partial charge in [-0.3, -0.25) is 4.79 Å². The number of nitrogens with zero attached hydrogens (tertiary/aromatic N) is 1. The van der Waals surface area contributed by atoms with Gasteiger partial charge in [0, 0.05) is 10.7 Å². The molecule has 1 N–H and O–H groups in total. The first-order valence-corrected chi connectivity index (χ1v) is 9.92. The number of para-hydroxylation sites is 1. The van der Waals surface area contributed by atoms with Crippen LogP contribution in [0.2, 0.25) is 5.02 Å². The second kappa shape index (κ2) is 10.3. The van der Waals surface area contributed by atoms with Gasteiger partial charge in [0.15, 0.2) is 11.5 Å². The van der Waals surface area contributed by atoms with Crippen molar-refractivity contribution in [3.63, 3.8) is 0 Å². The Hall–Kier alpha value is -3.75. The fourth-order valence-electron chi connectivity index (χ4n) is 2.86. The number of halogens is 1. The minimum absolute atomic E-state index is 0.0166. The molecule has 0 aliphatic rings. The van der Waals surface area contributed by atoms with Crippen LogP contribution in [0, 0.1) is 18.3 Å². The molecule has 5 nitrogen and oxygen atoms in total. The normalized spacial score (nSPS) is 10.8. The number of carbonyl (C=O) groups excluding carboxylic acids is 1. The third-order valence-electron chi connectivity index (χ3n) is 4.56. The summed E-state index contributed by atoms with van der Waals surface area (Å²) < 4.78 is 11.3. The molecule has 0 spiro atoms. The van der Waals surface area contributed by atoms with Crippen LogP contribution in [0.4, 0.5) is 5.69 Å². The number of anilines is 1. The summed E-state index contributed by atoms with van der Waals surface area (Å²) >= 11 is 5.92. The van der Waals surface area contributed by atoms with Gasteiger partial charge in [-0.15, -0.1) is 0 Å². The van der Waals surface area contributed by atoms with E-state index in [1.807, 2.05) is 43.3 Å². The molecule has 3 rings (SSSR count). The largest absolute Gasteiger partial charge is 0.493 e. The number of hydrogen-bond donors (Lipinski definition) is 1. The standard InChI is InChI=1S/C25H21ClN2O3/c1-17-5-3-4-6-22(17)28-25(29)20(15-27)13-19-9-12-23(30-2)24(14-19)31-16-18-7-10-21(26)11-8-18/h3-14H,16H2,1-2H3,(H,28,29). The van der Waals surface area contributed by atoms with E-state index < -0.39 is 5.91 Å². The smallest absolute Gasteiger partial charge is 0.266 e. The van der Waals surface area contributed by atoms with Crippen LogP contribution in [0.3, 0.4) is 0 Å². The molecule has 3 aromatic rings. The number of ether oxygens (including phenoxy) is 2. The van der Waals surface area contributed by atoms with Crippen molar-refractivity contribution in [1.82, 2.24) is 0 Å². The molecular weight excluding hydrogens is 412 g/mol. The summed E-state index contributed by atoms with van der Waals surface area (Å²) in [5.41, 5.74) is 3.15. The Morgan fingerprint density at radius 1 is 1.10 bits per heavy atom. The van der Waals surface area contributed by atoms with Crippen molar-refractivity contribution < 1.29 is 14.3 Å². The molecule has 0 aromatic heterocycles. The van der Waals surface area contributed by atoms with Crippen molar-refractivity contribution in [2.24, 2.45) is 0 Å². The summed E-state index contributed by atoms with van der Waals surface area (Å²) in [7, 11) is 1.55. The first-order chi connectivity index (χ1) is 15.0. The summed E-state index contributed by atoms with van der Waals surface area (Å²) in [5, 5.41) is 12.9. The Bertz CT molecular complexity index is 1150. The third kappa shape index (κ3) is 5.88. The number of rotatable bonds is 7. The first kappa shape index (κ1) is 21.9.